The Bertz CT molecular complexity index is 410. The zero-order valence-electron chi connectivity index (χ0n) is 11.7. The molecule has 1 aliphatic rings. The van der Waals surface area contributed by atoms with E-state index in [1.165, 1.54) is 23.3 Å². The molecule has 20 heavy (non-hydrogen) atoms. The van der Waals surface area contributed by atoms with Gasteiger partial charge in [-0.25, -0.2) is 0 Å². The number of benzene rings is 1. The van der Waals surface area contributed by atoms with E-state index in [0.717, 1.165) is 12.1 Å². The summed E-state index contributed by atoms with van der Waals surface area (Å²) in [5, 5.41) is 3.42. The van der Waals surface area contributed by atoms with Gasteiger partial charge < -0.3 is 5.32 Å². The summed E-state index contributed by atoms with van der Waals surface area (Å²) in [7, 11) is 0. The van der Waals surface area contributed by atoms with Crippen molar-refractivity contribution in [3.8, 4) is 0 Å². The Morgan fingerprint density at radius 1 is 1.15 bits per heavy atom. The number of hydrogen-bond donors (Lipinski definition) is 1. The van der Waals surface area contributed by atoms with Crippen molar-refractivity contribution >= 4 is 0 Å². The average Bonchev–Trinajstić information content (AvgIpc) is 3.19. The van der Waals surface area contributed by atoms with Crippen molar-refractivity contribution in [2.45, 2.75) is 45.1 Å². The first-order valence-corrected chi connectivity index (χ1v) is 7.06. The van der Waals surface area contributed by atoms with E-state index >= 15 is 0 Å². The third-order valence-corrected chi connectivity index (χ3v) is 3.45. The summed E-state index contributed by atoms with van der Waals surface area (Å²) < 4.78 is 37.2. The zero-order valence-corrected chi connectivity index (χ0v) is 11.7. The van der Waals surface area contributed by atoms with Gasteiger partial charge in [0.1, 0.15) is 0 Å². The zero-order chi connectivity index (χ0) is 14.6. The molecule has 112 valence electrons. The van der Waals surface area contributed by atoms with Gasteiger partial charge in [-0.05, 0) is 30.5 Å². The van der Waals surface area contributed by atoms with Crippen molar-refractivity contribution in [3.63, 3.8) is 0 Å². The molecule has 1 N–H and O–H groups in total. The highest BCUT2D eigenvalue weighted by molar-refractivity contribution is 5.22. The third-order valence-electron chi connectivity index (χ3n) is 3.45. The van der Waals surface area contributed by atoms with Gasteiger partial charge in [0, 0.05) is 19.1 Å². The van der Waals surface area contributed by atoms with Crippen molar-refractivity contribution in [1.82, 2.24) is 10.2 Å². The van der Waals surface area contributed by atoms with Gasteiger partial charge in [-0.2, -0.15) is 13.2 Å². The van der Waals surface area contributed by atoms with E-state index in [-0.39, 0.29) is 0 Å². The average molecular weight is 286 g/mol. The maximum absolute atomic E-state index is 12.4. The number of hydrogen-bond acceptors (Lipinski definition) is 2. The Balaban J connectivity index is 1.84. The van der Waals surface area contributed by atoms with Crippen molar-refractivity contribution in [2.24, 2.45) is 0 Å². The normalized spacial score (nSPS) is 15.8. The third kappa shape index (κ3) is 5.51. The summed E-state index contributed by atoms with van der Waals surface area (Å²) in [6, 6.07) is 8.49. The number of halogens is 3. The summed E-state index contributed by atoms with van der Waals surface area (Å²) in [5.41, 5.74) is 2.10. The number of rotatable bonds is 7. The molecule has 1 aromatic carbocycles. The second-order valence-corrected chi connectivity index (χ2v) is 5.39. The molecular formula is C15H21F3N2. The topological polar surface area (TPSA) is 15.3 Å². The van der Waals surface area contributed by atoms with Gasteiger partial charge in [0.25, 0.3) is 0 Å². The van der Waals surface area contributed by atoms with Gasteiger partial charge in [0.2, 0.25) is 0 Å². The van der Waals surface area contributed by atoms with Crippen LogP contribution in [0.1, 0.15) is 30.9 Å². The minimum absolute atomic E-state index is 0.340. The van der Waals surface area contributed by atoms with E-state index in [9.17, 15) is 13.2 Å². The minimum Gasteiger partial charge on any atom is -0.310 e. The lowest BCUT2D eigenvalue weighted by Crippen LogP contribution is -2.33. The van der Waals surface area contributed by atoms with Gasteiger partial charge in [0.15, 0.2) is 0 Å². The van der Waals surface area contributed by atoms with Crippen LogP contribution in [0, 0.1) is 0 Å². The second-order valence-electron chi connectivity index (χ2n) is 5.39. The molecule has 0 radical (unpaired) electrons. The fourth-order valence-corrected chi connectivity index (χ4v) is 2.10. The largest absolute Gasteiger partial charge is 0.401 e. The van der Waals surface area contributed by atoms with Gasteiger partial charge in [-0.1, -0.05) is 31.2 Å². The number of nitrogens with one attached hydrogen (secondary N) is 1. The van der Waals surface area contributed by atoms with E-state index in [0.29, 0.717) is 19.1 Å². The van der Waals surface area contributed by atoms with E-state index in [2.05, 4.69) is 5.32 Å². The van der Waals surface area contributed by atoms with Crippen LogP contribution in [-0.4, -0.2) is 30.2 Å². The SMILES string of the molecule is CCN(Cc1ccc(CNC2CC2)cc1)CC(F)(F)F. The van der Waals surface area contributed by atoms with Gasteiger partial charge in [-0.3, -0.25) is 4.90 Å². The van der Waals surface area contributed by atoms with Crippen LogP contribution in [0.25, 0.3) is 0 Å². The quantitative estimate of drug-likeness (QED) is 0.827. The first-order valence-electron chi connectivity index (χ1n) is 7.06. The molecule has 2 rings (SSSR count). The molecule has 1 fully saturated rings. The number of nitrogens with zero attached hydrogens (tertiary/aromatic N) is 1. The van der Waals surface area contributed by atoms with Crippen LogP contribution in [0.15, 0.2) is 24.3 Å². The van der Waals surface area contributed by atoms with Crippen molar-refractivity contribution < 1.29 is 13.2 Å². The first kappa shape index (κ1) is 15.3. The highest BCUT2D eigenvalue weighted by atomic mass is 19.4. The molecule has 0 heterocycles. The molecule has 2 nitrogen and oxygen atoms in total. The van der Waals surface area contributed by atoms with E-state index in [1.807, 2.05) is 24.3 Å². The van der Waals surface area contributed by atoms with Gasteiger partial charge in [-0.15, -0.1) is 0 Å². The minimum atomic E-state index is -4.13. The Kier molecular flexibility index (Phi) is 5.05. The molecule has 0 aliphatic heterocycles. The molecule has 1 aromatic rings. The van der Waals surface area contributed by atoms with Crippen LogP contribution in [-0.2, 0) is 13.1 Å². The lowest BCUT2D eigenvalue weighted by atomic mass is 10.1. The summed E-state index contributed by atoms with van der Waals surface area (Å²) in [6.45, 7) is 2.47. The Morgan fingerprint density at radius 2 is 1.75 bits per heavy atom. The first-order chi connectivity index (χ1) is 9.46. The van der Waals surface area contributed by atoms with E-state index in [4.69, 9.17) is 0 Å². The molecule has 0 atom stereocenters. The number of alkyl halides is 3. The van der Waals surface area contributed by atoms with Crippen LogP contribution in [0.2, 0.25) is 0 Å². The molecule has 0 amide bonds. The molecule has 0 bridgehead atoms. The molecule has 1 aliphatic carbocycles. The highest BCUT2D eigenvalue weighted by Crippen LogP contribution is 2.20. The van der Waals surface area contributed by atoms with Gasteiger partial charge in [0.05, 0.1) is 6.54 Å². The lowest BCUT2D eigenvalue weighted by molar-refractivity contribution is -0.146. The maximum Gasteiger partial charge on any atom is 0.401 e. The lowest BCUT2D eigenvalue weighted by Gasteiger charge is -2.22. The Hall–Kier alpha value is -1.07. The fraction of sp³-hybridized carbons (Fsp3) is 0.600. The fourth-order valence-electron chi connectivity index (χ4n) is 2.10. The standard InChI is InChI=1S/C15H21F3N2/c1-2-20(11-15(16,17)18)10-13-5-3-12(4-6-13)9-19-14-7-8-14/h3-6,14,19H,2,7-11H2,1H3. The smallest absolute Gasteiger partial charge is 0.310 e. The summed E-state index contributed by atoms with van der Waals surface area (Å²) in [5.74, 6) is 0. The summed E-state index contributed by atoms with van der Waals surface area (Å²) in [6.07, 6.45) is -1.63. The molecule has 1 saturated carbocycles. The van der Waals surface area contributed by atoms with Crippen molar-refractivity contribution in [2.75, 3.05) is 13.1 Å². The molecule has 0 spiro atoms. The molecule has 5 heteroatoms. The Labute approximate surface area is 118 Å². The predicted octanol–water partition coefficient (Wildman–Crippen LogP) is 3.32. The molecule has 0 aromatic heterocycles. The molecular weight excluding hydrogens is 265 g/mol. The molecule has 0 saturated heterocycles. The highest BCUT2D eigenvalue weighted by Gasteiger charge is 2.29. The second kappa shape index (κ2) is 6.59. The summed E-state index contributed by atoms with van der Waals surface area (Å²) >= 11 is 0. The maximum atomic E-state index is 12.4. The monoisotopic (exact) mass is 286 g/mol. The van der Waals surface area contributed by atoms with E-state index < -0.39 is 12.7 Å². The van der Waals surface area contributed by atoms with E-state index in [1.54, 1.807) is 6.92 Å². The molecule has 0 unspecified atom stereocenters. The van der Waals surface area contributed by atoms with Crippen molar-refractivity contribution in [1.29, 1.82) is 0 Å². The van der Waals surface area contributed by atoms with Crippen LogP contribution in [0.4, 0.5) is 13.2 Å². The predicted molar refractivity (Wildman–Crippen MR) is 73.3 cm³/mol. The van der Waals surface area contributed by atoms with Crippen LogP contribution in [0.5, 0.6) is 0 Å². The summed E-state index contributed by atoms with van der Waals surface area (Å²) in [4.78, 5) is 1.40. The van der Waals surface area contributed by atoms with Crippen LogP contribution in [0.3, 0.4) is 0 Å². The Morgan fingerprint density at radius 3 is 2.25 bits per heavy atom. The van der Waals surface area contributed by atoms with Crippen LogP contribution < -0.4 is 5.32 Å². The van der Waals surface area contributed by atoms with Crippen LogP contribution >= 0.6 is 0 Å². The van der Waals surface area contributed by atoms with Gasteiger partial charge >= 0.3 is 6.18 Å². The van der Waals surface area contributed by atoms with Crippen molar-refractivity contribution in [3.05, 3.63) is 35.4 Å².